The Balaban J connectivity index is 2.27. The molecule has 0 saturated carbocycles. The molecule has 0 bridgehead atoms. The fourth-order valence-corrected chi connectivity index (χ4v) is 2.33. The van der Waals surface area contributed by atoms with E-state index in [1.165, 1.54) is 5.56 Å². The maximum atomic E-state index is 14.4. The minimum atomic E-state index is -0.198. The van der Waals surface area contributed by atoms with E-state index >= 15 is 0 Å². The molecule has 112 valence electrons. The Morgan fingerprint density at radius 1 is 1.14 bits per heavy atom. The molecule has 1 N–H and O–H groups in total. The molecule has 2 aromatic carbocycles. The lowest BCUT2D eigenvalue weighted by molar-refractivity contribution is 0.608. The van der Waals surface area contributed by atoms with Gasteiger partial charge in [-0.2, -0.15) is 0 Å². The van der Waals surface area contributed by atoms with Crippen LogP contribution in [0.3, 0.4) is 0 Å². The number of nitrogens with one attached hydrogen (secondary N) is 1. The molecule has 2 rings (SSSR count). The van der Waals surface area contributed by atoms with Gasteiger partial charge in [-0.25, -0.2) is 4.39 Å². The Kier molecular flexibility index (Phi) is 4.97. The second-order valence-corrected chi connectivity index (χ2v) is 5.30. The maximum absolute atomic E-state index is 14.4. The van der Waals surface area contributed by atoms with E-state index in [-0.39, 0.29) is 11.9 Å². The topological polar surface area (TPSA) is 15.3 Å². The van der Waals surface area contributed by atoms with Gasteiger partial charge in [0, 0.05) is 18.8 Å². The van der Waals surface area contributed by atoms with E-state index in [4.69, 9.17) is 0 Å². The summed E-state index contributed by atoms with van der Waals surface area (Å²) in [6.45, 7) is 4.14. The molecule has 0 saturated heterocycles. The monoisotopic (exact) mass is 286 g/mol. The van der Waals surface area contributed by atoms with Gasteiger partial charge in [-0.3, -0.25) is 0 Å². The normalized spacial score (nSPS) is 12.2. The van der Waals surface area contributed by atoms with Crippen molar-refractivity contribution < 1.29 is 4.39 Å². The molecular formula is C18H23FN2. The summed E-state index contributed by atoms with van der Waals surface area (Å²) in [5.41, 5.74) is 3.81. The number of hydrogen-bond donors (Lipinski definition) is 1. The van der Waals surface area contributed by atoms with E-state index in [1.54, 1.807) is 6.07 Å². The summed E-state index contributed by atoms with van der Waals surface area (Å²) < 4.78 is 14.4. The van der Waals surface area contributed by atoms with E-state index in [2.05, 4.69) is 24.4 Å². The van der Waals surface area contributed by atoms with Crippen LogP contribution in [0.25, 0.3) is 0 Å². The third-order valence-electron chi connectivity index (χ3n) is 4.00. The molecule has 0 aliphatic carbocycles. The van der Waals surface area contributed by atoms with E-state index < -0.39 is 0 Å². The number of rotatable bonds is 5. The molecule has 2 nitrogen and oxygen atoms in total. The van der Waals surface area contributed by atoms with Crippen molar-refractivity contribution in [2.24, 2.45) is 0 Å². The van der Waals surface area contributed by atoms with Crippen LogP contribution in [0, 0.1) is 5.82 Å². The van der Waals surface area contributed by atoms with Crippen molar-refractivity contribution in [3.05, 3.63) is 59.4 Å². The maximum Gasteiger partial charge on any atom is 0.147 e. The molecule has 3 heteroatoms. The van der Waals surface area contributed by atoms with E-state index in [0.717, 1.165) is 17.7 Å². The van der Waals surface area contributed by atoms with Crippen molar-refractivity contribution in [1.82, 2.24) is 5.32 Å². The summed E-state index contributed by atoms with van der Waals surface area (Å²) in [5, 5.41) is 3.12. The van der Waals surface area contributed by atoms with E-state index in [9.17, 15) is 4.39 Å². The van der Waals surface area contributed by atoms with Gasteiger partial charge in [0.2, 0.25) is 0 Å². The number of anilines is 2. The summed E-state index contributed by atoms with van der Waals surface area (Å²) in [6, 6.07) is 13.8. The fraction of sp³-hybridized carbons (Fsp3) is 0.333. The molecule has 21 heavy (non-hydrogen) atoms. The highest BCUT2D eigenvalue weighted by atomic mass is 19.1. The first kappa shape index (κ1) is 15.5. The van der Waals surface area contributed by atoms with Crippen molar-refractivity contribution in [1.29, 1.82) is 0 Å². The lowest BCUT2D eigenvalue weighted by Gasteiger charge is -2.21. The third kappa shape index (κ3) is 3.42. The van der Waals surface area contributed by atoms with Gasteiger partial charge in [0.25, 0.3) is 0 Å². The molecule has 1 unspecified atom stereocenters. The van der Waals surface area contributed by atoms with Gasteiger partial charge in [-0.05, 0) is 55.8 Å². The van der Waals surface area contributed by atoms with Crippen LogP contribution in [-0.2, 0) is 6.42 Å². The number of benzene rings is 2. The quantitative estimate of drug-likeness (QED) is 0.874. The Labute approximate surface area is 126 Å². The highest BCUT2D eigenvalue weighted by molar-refractivity contribution is 5.63. The van der Waals surface area contributed by atoms with Gasteiger partial charge < -0.3 is 10.2 Å². The van der Waals surface area contributed by atoms with Crippen LogP contribution in [0.15, 0.2) is 42.5 Å². The molecule has 0 fully saturated rings. The van der Waals surface area contributed by atoms with Crippen molar-refractivity contribution in [3.8, 4) is 0 Å². The van der Waals surface area contributed by atoms with Gasteiger partial charge >= 0.3 is 0 Å². The van der Waals surface area contributed by atoms with Crippen LogP contribution in [0.1, 0.15) is 31.0 Å². The molecule has 0 spiro atoms. The summed E-state index contributed by atoms with van der Waals surface area (Å²) in [5.74, 6) is -0.198. The SMILES string of the molecule is CCc1ccc(N(C)c2ccc(C(C)NC)cc2F)cc1. The highest BCUT2D eigenvalue weighted by Gasteiger charge is 2.12. The third-order valence-corrected chi connectivity index (χ3v) is 4.00. The average molecular weight is 286 g/mol. The van der Waals surface area contributed by atoms with Gasteiger partial charge in [-0.1, -0.05) is 25.1 Å². The Hall–Kier alpha value is -1.87. The minimum Gasteiger partial charge on any atom is -0.342 e. The van der Waals surface area contributed by atoms with Crippen LogP contribution in [0.4, 0.5) is 15.8 Å². The summed E-state index contributed by atoms with van der Waals surface area (Å²) in [6.07, 6.45) is 1.01. The minimum absolute atomic E-state index is 0.141. The zero-order chi connectivity index (χ0) is 15.4. The van der Waals surface area contributed by atoms with Gasteiger partial charge in [0.15, 0.2) is 0 Å². The molecule has 2 aromatic rings. The zero-order valence-corrected chi connectivity index (χ0v) is 13.2. The Morgan fingerprint density at radius 2 is 1.81 bits per heavy atom. The smallest absolute Gasteiger partial charge is 0.147 e. The zero-order valence-electron chi connectivity index (χ0n) is 13.2. The van der Waals surface area contributed by atoms with Crippen LogP contribution >= 0.6 is 0 Å². The van der Waals surface area contributed by atoms with E-state index in [1.807, 2.05) is 50.2 Å². The lowest BCUT2D eigenvalue weighted by atomic mass is 10.1. The molecule has 0 aromatic heterocycles. The van der Waals surface area contributed by atoms with E-state index in [0.29, 0.717) is 5.69 Å². The molecule has 0 aliphatic rings. The molecule has 0 amide bonds. The number of hydrogen-bond acceptors (Lipinski definition) is 2. The molecule has 1 atom stereocenters. The largest absolute Gasteiger partial charge is 0.342 e. The van der Waals surface area contributed by atoms with Crippen molar-refractivity contribution in [2.75, 3.05) is 19.0 Å². The predicted octanol–water partition coefficient (Wildman–Crippen LogP) is 4.44. The van der Waals surface area contributed by atoms with Gasteiger partial charge in [-0.15, -0.1) is 0 Å². The van der Waals surface area contributed by atoms with Crippen molar-refractivity contribution in [3.63, 3.8) is 0 Å². The molecule has 0 heterocycles. The van der Waals surface area contributed by atoms with Gasteiger partial charge in [0.1, 0.15) is 5.82 Å². The number of nitrogens with zero attached hydrogens (tertiary/aromatic N) is 1. The second-order valence-electron chi connectivity index (χ2n) is 5.30. The number of halogens is 1. The van der Waals surface area contributed by atoms with Crippen molar-refractivity contribution in [2.45, 2.75) is 26.3 Å². The first-order valence-corrected chi connectivity index (χ1v) is 7.36. The Morgan fingerprint density at radius 3 is 2.33 bits per heavy atom. The van der Waals surface area contributed by atoms with Crippen LogP contribution in [0.5, 0.6) is 0 Å². The highest BCUT2D eigenvalue weighted by Crippen LogP contribution is 2.28. The van der Waals surface area contributed by atoms with Crippen LogP contribution < -0.4 is 10.2 Å². The first-order valence-electron chi connectivity index (χ1n) is 7.36. The van der Waals surface area contributed by atoms with Crippen LogP contribution in [0.2, 0.25) is 0 Å². The summed E-state index contributed by atoms with van der Waals surface area (Å²) in [7, 11) is 3.76. The fourth-order valence-electron chi connectivity index (χ4n) is 2.33. The predicted molar refractivity (Wildman–Crippen MR) is 87.8 cm³/mol. The lowest BCUT2D eigenvalue weighted by Crippen LogP contribution is -2.14. The average Bonchev–Trinajstić information content (AvgIpc) is 2.53. The number of aryl methyl sites for hydroxylation is 1. The molecule has 0 radical (unpaired) electrons. The first-order chi connectivity index (χ1) is 10.1. The summed E-state index contributed by atoms with van der Waals surface area (Å²) in [4.78, 5) is 1.88. The summed E-state index contributed by atoms with van der Waals surface area (Å²) >= 11 is 0. The standard InChI is InChI=1S/C18H23FN2/c1-5-14-6-9-16(10-7-14)21(4)18-11-8-15(12-17(18)19)13(2)20-3/h6-13,20H,5H2,1-4H3. The second kappa shape index (κ2) is 6.72. The molecule has 0 aliphatic heterocycles. The van der Waals surface area contributed by atoms with Gasteiger partial charge in [0.05, 0.1) is 5.69 Å². The molecular weight excluding hydrogens is 263 g/mol. The van der Waals surface area contributed by atoms with Crippen molar-refractivity contribution >= 4 is 11.4 Å². The Bertz CT molecular complexity index is 593. The van der Waals surface area contributed by atoms with Crippen LogP contribution in [-0.4, -0.2) is 14.1 Å².